The third kappa shape index (κ3) is 2.63. The standard InChI is InChI=1S/C20H19N2O2S/c1-3-22(4-2)14-9-11-20(12-10-18(23)24-17(20)13-14)19-21-15-7-5-6-8-16(15)25-19/h5-9,11-13,21H,3-4H2,1-2H3/q+1. The third-order valence-corrected chi connectivity index (χ3v) is 5.90. The second-order valence-corrected chi connectivity index (χ2v) is 7.09. The molecule has 0 amide bonds. The highest BCUT2D eigenvalue weighted by atomic mass is 32.2. The van der Waals surface area contributed by atoms with Crippen molar-refractivity contribution in [1.82, 2.24) is 0 Å². The highest BCUT2D eigenvalue weighted by Crippen LogP contribution is 2.56. The molecule has 1 aromatic rings. The lowest BCUT2D eigenvalue weighted by atomic mass is 9.79. The molecule has 25 heavy (non-hydrogen) atoms. The topological polar surface area (TPSA) is 41.3 Å². The summed E-state index contributed by atoms with van der Waals surface area (Å²) in [6, 6.07) is 8.17. The van der Waals surface area contributed by atoms with Crippen LogP contribution in [0.5, 0.6) is 0 Å². The number of esters is 1. The van der Waals surface area contributed by atoms with Crippen molar-refractivity contribution in [3.05, 3.63) is 65.8 Å². The zero-order valence-corrected chi connectivity index (χ0v) is 15.0. The fourth-order valence-corrected chi connectivity index (χ4v) is 4.43. The molecule has 3 aliphatic rings. The number of anilines is 1. The van der Waals surface area contributed by atoms with Gasteiger partial charge in [-0.15, -0.1) is 0 Å². The minimum absolute atomic E-state index is 0.447. The highest BCUT2D eigenvalue weighted by Gasteiger charge is 2.49. The van der Waals surface area contributed by atoms with Gasteiger partial charge in [-0.2, -0.15) is 0 Å². The summed E-state index contributed by atoms with van der Waals surface area (Å²) >= 11 is 1.67. The molecule has 2 radical (unpaired) electrons. The maximum Gasteiger partial charge on any atom is 0.343 e. The quantitative estimate of drug-likeness (QED) is 0.668. The zero-order chi connectivity index (χ0) is 17.4. The van der Waals surface area contributed by atoms with Crippen LogP contribution in [0, 0.1) is 16.9 Å². The molecule has 0 saturated carbocycles. The van der Waals surface area contributed by atoms with Crippen LogP contribution in [0.1, 0.15) is 13.8 Å². The van der Waals surface area contributed by atoms with E-state index in [1.165, 1.54) is 4.90 Å². The molecule has 1 aromatic carbocycles. The minimum Gasteiger partial charge on any atom is -0.426 e. The Balaban J connectivity index is 1.77. The van der Waals surface area contributed by atoms with Gasteiger partial charge in [-0.25, -0.2) is 9.37 Å². The van der Waals surface area contributed by atoms with Gasteiger partial charge in [0.2, 0.25) is 5.71 Å². The van der Waals surface area contributed by atoms with Crippen molar-refractivity contribution in [3.63, 3.8) is 0 Å². The van der Waals surface area contributed by atoms with Crippen LogP contribution in [0.15, 0.2) is 59.2 Å². The first-order chi connectivity index (χ1) is 12.2. The number of allylic oxidation sites excluding steroid dienone is 2. The second-order valence-electron chi connectivity index (χ2n) is 6.04. The van der Waals surface area contributed by atoms with Gasteiger partial charge in [0.1, 0.15) is 29.6 Å². The molecule has 0 saturated heterocycles. The summed E-state index contributed by atoms with van der Waals surface area (Å²) < 4.78 is 7.82. The van der Waals surface area contributed by atoms with E-state index in [1.807, 2.05) is 18.2 Å². The van der Waals surface area contributed by atoms with E-state index in [1.54, 1.807) is 17.8 Å². The molecule has 4 nitrogen and oxygen atoms in total. The lowest BCUT2D eigenvalue weighted by Crippen LogP contribution is -2.37. The van der Waals surface area contributed by atoms with Crippen molar-refractivity contribution in [2.45, 2.75) is 18.7 Å². The molecular weight excluding hydrogens is 332 g/mol. The van der Waals surface area contributed by atoms with Gasteiger partial charge in [0.15, 0.2) is 0 Å². The van der Waals surface area contributed by atoms with Crippen molar-refractivity contribution in [2.24, 2.45) is 5.41 Å². The van der Waals surface area contributed by atoms with Gasteiger partial charge in [-0.1, -0.05) is 30.0 Å². The van der Waals surface area contributed by atoms with Crippen LogP contribution in [0.4, 0.5) is 5.69 Å². The number of hydrogen-bond acceptors (Lipinski definition) is 4. The van der Waals surface area contributed by atoms with Crippen LogP contribution < -0.4 is 5.32 Å². The van der Waals surface area contributed by atoms with Crippen molar-refractivity contribution in [1.29, 1.82) is 0 Å². The predicted molar refractivity (Wildman–Crippen MR) is 99.1 cm³/mol. The average Bonchev–Trinajstić information content (AvgIpc) is 3.07. The van der Waals surface area contributed by atoms with Gasteiger partial charge in [0.25, 0.3) is 0 Å². The number of rotatable bonds is 3. The summed E-state index contributed by atoms with van der Waals surface area (Å²) in [5, 5.41) is 4.49. The number of carbonyl (C=O) groups is 1. The molecule has 0 spiro atoms. The Hall–Kier alpha value is -2.27. The fraction of sp³-hybridized carbons (Fsp3) is 0.250. The fourth-order valence-electron chi connectivity index (χ4n) is 3.28. The summed E-state index contributed by atoms with van der Waals surface area (Å²) in [5.41, 5.74) is 1.53. The maximum absolute atomic E-state index is 11.8. The number of hydrogen-bond donors (Lipinski definition) is 1. The van der Waals surface area contributed by atoms with Gasteiger partial charge < -0.3 is 10.1 Å². The highest BCUT2D eigenvalue weighted by molar-refractivity contribution is 8.02. The van der Waals surface area contributed by atoms with Crippen molar-refractivity contribution < 1.29 is 14.1 Å². The minimum atomic E-state index is -0.603. The number of para-hydroxylation sites is 1. The Morgan fingerprint density at radius 2 is 2.08 bits per heavy atom. The van der Waals surface area contributed by atoms with Gasteiger partial charge in [0.05, 0.1) is 6.08 Å². The van der Waals surface area contributed by atoms with E-state index in [-0.39, 0.29) is 0 Å². The predicted octanol–water partition coefficient (Wildman–Crippen LogP) is 3.54. The number of ether oxygens (including phenoxy) is 1. The number of nitrogens with zero attached hydrogens (tertiary/aromatic N) is 1. The van der Waals surface area contributed by atoms with Gasteiger partial charge in [0, 0.05) is 22.7 Å². The second kappa shape index (κ2) is 6.23. The first-order valence-corrected chi connectivity index (χ1v) is 9.25. The van der Waals surface area contributed by atoms with E-state index in [0.717, 1.165) is 29.9 Å². The summed E-state index contributed by atoms with van der Waals surface area (Å²) in [6.07, 6.45) is 10.7. The van der Waals surface area contributed by atoms with Crippen LogP contribution in [0.3, 0.4) is 0 Å². The third-order valence-electron chi connectivity index (χ3n) is 4.68. The van der Waals surface area contributed by atoms with E-state index in [4.69, 9.17) is 4.74 Å². The van der Waals surface area contributed by atoms with E-state index >= 15 is 0 Å². The van der Waals surface area contributed by atoms with E-state index < -0.39 is 11.4 Å². The SMILES string of the molecule is CC[N+](CC)=C1C=CC2([C]3Nc4ccccc4S3)C=[C]C(=O)OC2=C1. The Morgan fingerprint density at radius 1 is 1.28 bits per heavy atom. The molecule has 1 unspecified atom stereocenters. The Labute approximate surface area is 152 Å². The first kappa shape index (κ1) is 16.2. The smallest absolute Gasteiger partial charge is 0.343 e. The van der Waals surface area contributed by atoms with E-state index in [9.17, 15) is 4.79 Å². The van der Waals surface area contributed by atoms with Crippen molar-refractivity contribution in [2.75, 3.05) is 18.4 Å². The maximum atomic E-state index is 11.8. The Kier molecular flexibility index (Phi) is 4.04. The lowest BCUT2D eigenvalue weighted by molar-refractivity contribution is -0.519. The van der Waals surface area contributed by atoms with Crippen LogP contribution in [-0.4, -0.2) is 29.3 Å². The largest absolute Gasteiger partial charge is 0.426 e. The summed E-state index contributed by atoms with van der Waals surface area (Å²) in [4.78, 5) is 13.0. The van der Waals surface area contributed by atoms with E-state index in [2.05, 4.69) is 54.1 Å². The number of fused-ring (bicyclic) bond motifs is 2. The summed E-state index contributed by atoms with van der Waals surface area (Å²) in [7, 11) is 0. The number of benzene rings is 1. The summed E-state index contributed by atoms with van der Waals surface area (Å²) in [6.45, 7) is 6.03. The van der Waals surface area contributed by atoms with Gasteiger partial charge in [-0.3, -0.25) is 0 Å². The monoisotopic (exact) mass is 351 g/mol. The molecule has 1 N–H and O–H groups in total. The van der Waals surface area contributed by atoms with Crippen LogP contribution >= 0.6 is 11.8 Å². The molecular formula is C20H19N2O2S+. The molecule has 126 valence electrons. The molecule has 4 rings (SSSR count). The van der Waals surface area contributed by atoms with Crippen LogP contribution in [0.25, 0.3) is 0 Å². The molecule has 5 heteroatoms. The Bertz CT molecular complexity index is 822. The van der Waals surface area contributed by atoms with Gasteiger partial charge >= 0.3 is 5.97 Å². The first-order valence-electron chi connectivity index (χ1n) is 8.43. The lowest BCUT2D eigenvalue weighted by Gasteiger charge is -2.36. The number of carbonyl (C=O) groups excluding carboxylic acids is 1. The molecule has 2 aliphatic heterocycles. The van der Waals surface area contributed by atoms with Crippen LogP contribution in [0.2, 0.25) is 0 Å². The molecule has 0 aromatic heterocycles. The molecule has 1 atom stereocenters. The van der Waals surface area contributed by atoms with Gasteiger partial charge in [-0.05, 0) is 32.1 Å². The van der Waals surface area contributed by atoms with Crippen molar-refractivity contribution in [3.8, 4) is 0 Å². The van der Waals surface area contributed by atoms with Crippen molar-refractivity contribution >= 4 is 29.1 Å². The zero-order valence-electron chi connectivity index (χ0n) is 14.2. The number of nitrogens with one attached hydrogen (secondary N) is 1. The molecule has 0 fully saturated rings. The molecule has 1 aliphatic carbocycles. The Morgan fingerprint density at radius 3 is 2.84 bits per heavy atom. The number of thioether (sulfide) groups is 1. The molecule has 2 heterocycles. The summed E-state index contributed by atoms with van der Waals surface area (Å²) in [5.74, 6) is 0.181. The molecule has 0 bridgehead atoms. The van der Waals surface area contributed by atoms with E-state index in [0.29, 0.717) is 5.76 Å². The van der Waals surface area contributed by atoms with Crippen LogP contribution in [-0.2, 0) is 9.53 Å². The average molecular weight is 351 g/mol. The normalized spacial score (nSPS) is 24.3.